The SMILES string of the molecule is O=c1sc(C(Cc2ccc(Cl)cc2C(F)(F)F)=c2ccc3c(c2)C=NN=3)c(O)n1C[C@@H]1CCCN1. The Hall–Kier alpha value is -2.95. The maximum absolute atomic E-state index is 13.8. The van der Waals surface area contributed by atoms with Gasteiger partial charge in [0.1, 0.15) is 0 Å². The Labute approximate surface area is 206 Å². The van der Waals surface area contributed by atoms with Gasteiger partial charge in [0.25, 0.3) is 0 Å². The molecule has 0 saturated carbocycles. The Bertz CT molecular complexity index is 1500. The normalized spacial score (nSPS) is 18.0. The topological polar surface area (TPSA) is 79.0 Å². The van der Waals surface area contributed by atoms with Gasteiger partial charge in [-0.3, -0.25) is 9.36 Å². The quantitative estimate of drug-likeness (QED) is 0.541. The zero-order valence-corrected chi connectivity index (χ0v) is 19.8. The number of halogens is 4. The highest BCUT2D eigenvalue weighted by Gasteiger charge is 2.34. The molecule has 0 spiro atoms. The Morgan fingerprint density at radius 1 is 1.26 bits per heavy atom. The minimum Gasteiger partial charge on any atom is -0.493 e. The first-order chi connectivity index (χ1) is 16.7. The molecule has 182 valence electrons. The van der Waals surface area contributed by atoms with Gasteiger partial charge in [0.15, 0.2) is 0 Å². The molecule has 2 aliphatic heterocycles. The van der Waals surface area contributed by atoms with E-state index in [0.717, 1.165) is 36.8 Å². The van der Waals surface area contributed by atoms with Gasteiger partial charge < -0.3 is 10.4 Å². The van der Waals surface area contributed by atoms with Crippen molar-refractivity contribution >= 4 is 34.7 Å². The first-order valence-corrected chi connectivity index (χ1v) is 12.2. The molecule has 0 unspecified atom stereocenters. The molecule has 1 saturated heterocycles. The molecule has 1 atom stereocenters. The molecule has 3 heterocycles. The molecule has 2 aliphatic rings. The van der Waals surface area contributed by atoms with E-state index in [-0.39, 0.29) is 38.7 Å². The van der Waals surface area contributed by atoms with Crippen molar-refractivity contribution in [2.75, 3.05) is 6.54 Å². The van der Waals surface area contributed by atoms with Crippen LogP contribution >= 0.6 is 22.9 Å². The largest absolute Gasteiger partial charge is 0.493 e. The second kappa shape index (κ2) is 9.25. The van der Waals surface area contributed by atoms with Crippen LogP contribution in [0.25, 0.3) is 5.57 Å². The highest BCUT2D eigenvalue weighted by atomic mass is 35.5. The molecule has 1 fully saturated rings. The number of nitrogens with zero attached hydrogens (tertiary/aromatic N) is 3. The lowest BCUT2D eigenvalue weighted by atomic mass is 9.96. The van der Waals surface area contributed by atoms with Gasteiger partial charge in [-0.15, -0.1) is 0 Å². The Balaban J connectivity index is 1.68. The van der Waals surface area contributed by atoms with Crippen LogP contribution in [0.2, 0.25) is 5.02 Å². The van der Waals surface area contributed by atoms with Gasteiger partial charge in [-0.1, -0.05) is 35.1 Å². The van der Waals surface area contributed by atoms with Gasteiger partial charge in [-0.05, 0) is 60.0 Å². The van der Waals surface area contributed by atoms with Crippen LogP contribution in [-0.4, -0.2) is 28.5 Å². The second-order valence-electron chi connectivity index (χ2n) is 8.50. The number of fused-ring (bicyclic) bond motifs is 1. The fourth-order valence-corrected chi connectivity index (χ4v) is 5.58. The van der Waals surface area contributed by atoms with Gasteiger partial charge >= 0.3 is 11.0 Å². The number of benzene rings is 2. The van der Waals surface area contributed by atoms with Crippen LogP contribution in [0.15, 0.2) is 51.4 Å². The predicted molar refractivity (Wildman–Crippen MR) is 129 cm³/mol. The lowest BCUT2D eigenvalue weighted by molar-refractivity contribution is -0.138. The summed E-state index contributed by atoms with van der Waals surface area (Å²) in [6, 6.07) is 8.84. The van der Waals surface area contributed by atoms with Crippen LogP contribution in [0.3, 0.4) is 0 Å². The first-order valence-electron chi connectivity index (χ1n) is 11.0. The molecular formula is C24H20ClF3N4O2S. The molecule has 11 heteroatoms. The maximum atomic E-state index is 13.8. The minimum atomic E-state index is -4.62. The van der Waals surface area contributed by atoms with E-state index in [1.54, 1.807) is 24.4 Å². The standard InChI is InChI=1S/C24H20ClF3N4O2S/c25-16-5-3-14(19(10-16)24(26,27)28)9-18(13-4-6-20-15(8-13)11-30-31-20)21-22(33)32(23(34)35-21)12-17-2-1-7-29-17/h3-6,8,10-11,17,29,33H,1-2,7,9,12H2/t17-/m0/s1. The molecule has 35 heavy (non-hydrogen) atoms. The smallest absolute Gasteiger partial charge is 0.416 e. The van der Waals surface area contributed by atoms with Gasteiger partial charge in [-0.2, -0.15) is 23.4 Å². The van der Waals surface area contributed by atoms with Crippen LogP contribution in [0.1, 0.15) is 34.4 Å². The van der Waals surface area contributed by atoms with Crippen molar-refractivity contribution in [3.05, 3.63) is 83.2 Å². The summed E-state index contributed by atoms with van der Waals surface area (Å²) < 4.78 is 42.8. The Morgan fingerprint density at radius 2 is 2.09 bits per heavy atom. The third kappa shape index (κ3) is 4.78. The number of thiazole rings is 1. The maximum Gasteiger partial charge on any atom is 0.416 e. The number of hydrogen-bond donors (Lipinski definition) is 2. The van der Waals surface area contributed by atoms with E-state index in [1.165, 1.54) is 16.7 Å². The third-order valence-electron chi connectivity index (χ3n) is 6.19. The number of aromatic nitrogens is 1. The van der Waals surface area contributed by atoms with E-state index in [0.29, 0.717) is 28.3 Å². The van der Waals surface area contributed by atoms with Crippen molar-refractivity contribution in [2.24, 2.45) is 10.2 Å². The van der Waals surface area contributed by atoms with Gasteiger partial charge in [-0.25, -0.2) is 0 Å². The fraction of sp³-hybridized carbons (Fsp3) is 0.292. The second-order valence-corrected chi connectivity index (χ2v) is 9.90. The Kier molecular flexibility index (Phi) is 6.29. The first kappa shape index (κ1) is 23.8. The average Bonchev–Trinajstić information content (AvgIpc) is 3.55. The summed E-state index contributed by atoms with van der Waals surface area (Å²) in [7, 11) is 0. The van der Waals surface area contributed by atoms with E-state index in [1.807, 2.05) is 0 Å². The number of alkyl halides is 3. The summed E-state index contributed by atoms with van der Waals surface area (Å²) in [6.45, 7) is 1.13. The van der Waals surface area contributed by atoms with Crippen molar-refractivity contribution in [3.8, 4) is 5.88 Å². The Morgan fingerprint density at radius 3 is 2.83 bits per heavy atom. The fourth-order valence-electron chi connectivity index (χ4n) is 4.45. The molecule has 6 nitrogen and oxygen atoms in total. The average molecular weight is 521 g/mol. The van der Waals surface area contributed by atoms with E-state index in [2.05, 4.69) is 15.5 Å². The third-order valence-corrected chi connectivity index (χ3v) is 7.45. The zero-order valence-electron chi connectivity index (χ0n) is 18.3. The van der Waals surface area contributed by atoms with E-state index < -0.39 is 11.7 Å². The van der Waals surface area contributed by atoms with Gasteiger partial charge in [0, 0.05) is 29.6 Å². The van der Waals surface area contributed by atoms with Crippen molar-refractivity contribution in [1.82, 2.24) is 9.88 Å². The lowest BCUT2D eigenvalue weighted by Gasteiger charge is -2.15. The van der Waals surface area contributed by atoms with Crippen molar-refractivity contribution in [1.29, 1.82) is 0 Å². The minimum absolute atomic E-state index is 0.0139. The van der Waals surface area contributed by atoms with Crippen LogP contribution < -0.4 is 20.8 Å². The van der Waals surface area contributed by atoms with Gasteiger partial charge in [0.2, 0.25) is 5.88 Å². The van der Waals surface area contributed by atoms with Crippen molar-refractivity contribution in [3.63, 3.8) is 0 Å². The lowest BCUT2D eigenvalue weighted by Crippen LogP contribution is -2.30. The molecule has 3 aromatic rings. The summed E-state index contributed by atoms with van der Waals surface area (Å²) in [6.07, 6.45) is -1.38. The summed E-state index contributed by atoms with van der Waals surface area (Å²) in [5, 5.41) is 23.4. The summed E-state index contributed by atoms with van der Waals surface area (Å²) in [5.41, 5.74) is 0.230. The van der Waals surface area contributed by atoms with Gasteiger partial charge in [0.05, 0.1) is 22.0 Å². The number of hydrogen-bond acceptors (Lipinski definition) is 6. The van der Waals surface area contributed by atoms with Crippen molar-refractivity contribution in [2.45, 2.75) is 38.0 Å². The van der Waals surface area contributed by atoms with E-state index in [9.17, 15) is 23.1 Å². The number of rotatable bonds is 5. The van der Waals surface area contributed by atoms with Crippen molar-refractivity contribution < 1.29 is 18.3 Å². The van der Waals surface area contributed by atoms with E-state index >= 15 is 0 Å². The van der Waals surface area contributed by atoms with Crippen LogP contribution in [0, 0.1) is 0 Å². The summed E-state index contributed by atoms with van der Waals surface area (Å²) in [4.78, 5) is 12.7. The molecule has 0 aliphatic carbocycles. The molecule has 0 amide bonds. The number of aromatic hydroxyl groups is 1. The zero-order chi connectivity index (χ0) is 24.7. The van der Waals surface area contributed by atoms with Crippen LogP contribution in [0.4, 0.5) is 13.2 Å². The molecule has 5 rings (SSSR count). The highest BCUT2D eigenvalue weighted by molar-refractivity contribution is 7.10. The monoisotopic (exact) mass is 520 g/mol. The highest BCUT2D eigenvalue weighted by Crippen LogP contribution is 2.37. The van der Waals surface area contributed by atoms with Crippen LogP contribution in [0.5, 0.6) is 5.88 Å². The summed E-state index contributed by atoms with van der Waals surface area (Å²) >= 11 is 6.69. The number of nitrogens with one attached hydrogen (secondary N) is 1. The summed E-state index contributed by atoms with van der Waals surface area (Å²) in [5.74, 6) is -0.245. The molecular weight excluding hydrogens is 501 g/mol. The molecule has 1 aromatic heterocycles. The predicted octanol–water partition coefficient (Wildman–Crippen LogP) is 3.45. The van der Waals surface area contributed by atoms with Crippen LogP contribution in [-0.2, 0) is 19.1 Å². The molecule has 0 bridgehead atoms. The molecule has 2 N–H and O–H groups in total. The van der Waals surface area contributed by atoms with E-state index in [4.69, 9.17) is 11.6 Å². The molecule has 0 radical (unpaired) electrons. The molecule has 2 aromatic carbocycles.